The molecule has 7 aromatic carbocycles. The Labute approximate surface area is 342 Å². The van der Waals surface area contributed by atoms with Crippen molar-refractivity contribution in [3.05, 3.63) is 193 Å². The molecule has 0 aliphatic carbocycles. The van der Waals surface area contributed by atoms with Crippen LogP contribution in [0.1, 0.15) is 16.8 Å². The van der Waals surface area contributed by atoms with E-state index in [1.54, 1.807) is 0 Å². The molecule has 5 nitrogen and oxygen atoms in total. The Balaban J connectivity index is 0.976. The van der Waals surface area contributed by atoms with Gasteiger partial charge >= 0.3 is 179 Å². The molecule has 0 fully saturated rings. The van der Waals surface area contributed by atoms with E-state index in [1.165, 1.54) is 70.2 Å². The molecule has 0 amide bonds. The zero-order chi connectivity index (χ0) is 37.9. The zero-order valence-corrected chi connectivity index (χ0v) is 33.8. The molecule has 11 rings (SSSR count). The summed E-state index contributed by atoms with van der Waals surface area (Å²) in [4.78, 5) is 10.1. The Hall–Kier alpha value is -6.32. The predicted molar refractivity (Wildman–Crippen MR) is 236 cm³/mol. The van der Waals surface area contributed by atoms with Crippen LogP contribution >= 0.6 is 0 Å². The van der Waals surface area contributed by atoms with Gasteiger partial charge in [-0.15, -0.1) is 0 Å². The van der Waals surface area contributed by atoms with Crippen LogP contribution in [0.2, 0.25) is 0 Å². The predicted octanol–water partition coefficient (Wildman–Crippen LogP) is 12.6. The van der Waals surface area contributed by atoms with Crippen LogP contribution in [-0.4, -0.2) is 37.1 Å². The quantitative estimate of drug-likeness (QED) is 0.150. The van der Waals surface area contributed by atoms with Crippen LogP contribution in [0.5, 0.6) is 11.5 Å². The van der Waals surface area contributed by atoms with Gasteiger partial charge in [0.25, 0.3) is 0 Å². The van der Waals surface area contributed by atoms with Crippen molar-refractivity contribution >= 4 is 65.5 Å². The molecule has 0 N–H and O–H groups in total. The zero-order valence-electron chi connectivity index (χ0n) is 31.5. The molecule has 0 unspecified atom stereocenters. The van der Waals surface area contributed by atoms with E-state index in [0.29, 0.717) is 6.67 Å². The van der Waals surface area contributed by atoms with Crippen molar-refractivity contribution in [1.29, 1.82) is 0 Å². The van der Waals surface area contributed by atoms with Gasteiger partial charge in [-0.2, -0.15) is 0 Å². The summed E-state index contributed by atoms with van der Waals surface area (Å²) in [6.45, 7) is 2.90. The van der Waals surface area contributed by atoms with Gasteiger partial charge in [-0.25, -0.2) is 0 Å². The van der Waals surface area contributed by atoms with Gasteiger partial charge in [-0.05, 0) is 29.3 Å². The van der Waals surface area contributed by atoms with Crippen molar-refractivity contribution < 1.29 is 4.74 Å². The molecule has 0 saturated carbocycles. The van der Waals surface area contributed by atoms with Crippen molar-refractivity contribution in [2.24, 2.45) is 0 Å². The molecule has 2 aromatic heterocycles. The number of anilines is 4. The fraction of sp³-hybridized carbons (Fsp3) is 0.0784. The molecule has 274 valence electrons. The van der Waals surface area contributed by atoms with Gasteiger partial charge in [-0.1, -0.05) is 91.0 Å². The molecule has 2 aliphatic heterocycles. The molecule has 0 bridgehead atoms. The number of hydrogen-bond acceptors (Lipinski definition) is 4. The van der Waals surface area contributed by atoms with Gasteiger partial charge in [0.1, 0.15) is 6.67 Å². The second kappa shape index (κ2) is 14.0. The summed E-state index contributed by atoms with van der Waals surface area (Å²) in [6.07, 6.45) is 0. The first kappa shape index (κ1) is 34.0. The Bertz CT molecular complexity index is 2920. The number of rotatable bonds is 7. The Morgan fingerprint density at radius 3 is 1.96 bits per heavy atom. The van der Waals surface area contributed by atoms with E-state index in [2.05, 4.69) is 197 Å². The van der Waals surface area contributed by atoms with Crippen LogP contribution < -0.4 is 14.5 Å². The molecule has 57 heavy (non-hydrogen) atoms. The number of hydrogen-bond donors (Lipinski definition) is 0. The first-order chi connectivity index (χ1) is 28.2. The third-order valence-electron chi connectivity index (χ3n) is 11.4. The number of benzene rings is 7. The maximum atomic E-state index is 6.76. The van der Waals surface area contributed by atoms with E-state index in [4.69, 9.17) is 9.72 Å². The van der Waals surface area contributed by atoms with E-state index in [9.17, 15) is 0 Å². The molecule has 2 aliphatic rings. The molecular formula is C51H38N4OTe. The molecule has 0 radical (unpaired) electrons. The number of ether oxygens (including phenoxy) is 1. The standard InChI is InChI=1S/C51H38N4OTe/c1-34-28-50(52-45-32-57-31-44(34)45)55-46-23-9-8-20-42(46)43-27-26-39(30-49(43)55)56-38-19-12-18-37(29-38)53-33-54(48-25-11-10-24-47(48)53)51-40(35-14-4-2-5-15-35)21-13-22-41(51)36-16-6-3-7-17-36/h2-30H,31-33H2,1H3. The van der Waals surface area contributed by atoms with Crippen LogP contribution in [0.15, 0.2) is 176 Å². The van der Waals surface area contributed by atoms with E-state index in [-0.39, 0.29) is 20.9 Å². The van der Waals surface area contributed by atoms with Gasteiger partial charge < -0.3 is 9.80 Å². The number of aryl methyl sites for hydroxylation is 1. The summed E-state index contributed by atoms with van der Waals surface area (Å²) < 4.78 is 11.5. The molecule has 0 saturated heterocycles. The number of fused-ring (bicyclic) bond motifs is 5. The van der Waals surface area contributed by atoms with Gasteiger partial charge in [0.2, 0.25) is 0 Å². The summed E-state index contributed by atoms with van der Waals surface area (Å²) in [7, 11) is 0. The summed E-state index contributed by atoms with van der Waals surface area (Å²) in [5.41, 5.74) is 15.8. The summed E-state index contributed by atoms with van der Waals surface area (Å²) in [5.74, 6) is 2.57. The Kier molecular flexibility index (Phi) is 8.35. The van der Waals surface area contributed by atoms with E-state index < -0.39 is 0 Å². The first-order valence-corrected chi connectivity index (χ1v) is 22.7. The fourth-order valence-corrected chi connectivity index (χ4v) is 11.9. The van der Waals surface area contributed by atoms with Crippen molar-refractivity contribution in [3.63, 3.8) is 0 Å². The number of aromatic nitrogens is 2. The number of nitrogens with zero attached hydrogens (tertiary/aromatic N) is 4. The molecule has 0 spiro atoms. The number of pyridine rings is 1. The van der Waals surface area contributed by atoms with Gasteiger partial charge in [0, 0.05) is 11.1 Å². The van der Waals surface area contributed by atoms with Crippen molar-refractivity contribution in [3.8, 4) is 39.6 Å². The van der Waals surface area contributed by atoms with Crippen LogP contribution in [-0.2, 0) is 8.94 Å². The Morgan fingerprint density at radius 2 is 1.19 bits per heavy atom. The topological polar surface area (TPSA) is 33.5 Å². The van der Waals surface area contributed by atoms with Crippen LogP contribution in [0.4, 0.5) is 22.7 Å². The van der Waals surface area contributed by atoms with Gasteiger partial charge in [0.15, 0.2) is 0 Å². The summed E-state index contributed by atoms with van der Waals surface area (Å²) >= 11 is -0.0212. The van der Waals surface area contributed by atoms with Gasteiger partial charge in [0.05, 0.1) is 17.1 Å². The average molecular weight is 850 g/mol. The second-order valence-electron chi connectivity index (χ2n) is 14.8. The van der Waals surface area contributed by atoms with E-state index in [1.807, 2.05) is 0 Å². The third kappa shape index (κ3) is 5.87. The second-order valence-corrected chi connectivity index (χ2v) is 17.6. The monoisotopic (exact) mass is 852 g/mol. The molecule has 0 atom stereocenters. The van der Waals surface area contributed by atoms with Crippen LogP contribution in [0, 0.1) is 6.92 Å². The third-order valence-corrected chi connectivity index (χ3v) is 14.1. The molecular weight excluding hydrogens is 812 g/mol. The normalized spacial score (nSPS) is 13.4. The van der Waals surface area contributed by atoms with E-state index in [0.717, 1.165) is 39.7 Å². The molecule has 9 aromatic rings. The first-order valence-electron chi connectivity index (χ1n) is 19.4. The maximum absolute atomic E-state index is 6.76. The van der Waals surface area contributed by atoms with Gasteiger partial charge in [-0.3, -0.25) is 0 Å². The van der Waals surface area contributed by atoms with Crippen LogP contribution in [0.25, 0.3) is 49.9 Å². The molecule has 6 heteroatoms. The summed E-state index contributed by atoms with van der Waals surface area (Å²) in [5, 5.41) is 2.41. The minimum absolute atomic E-state index is 0.0212. The minimum atomic E-state index is -0.0212. The van der Waals surface area contributed by atoms with Crippen molar-refractivity contribution in [2.45, 2.75) is 15.9 Å². The summed E-state index contributed by atoms with van der Waals surface area (Å²) in [6, 6.07) is 62.7. The SMILES string of the molecule is Cc1cc(-n2c3ccccc3c3ccc(Oc4cccc(N5CN(c6c(-c7ccccc7)cccc6-c6ccccc6)c6ccccc65)c4)cc32)nc2c1C[Te]C2. The van der Waals surface area contributed by atoms with Crippen molar-refractivity contribution in [1.82, 2.24) is 9.55 Å². The average Bonchev–Trinajstić information content (AvgIpc) is 3.99. The molecule has 4 heterocycles. The Morgan fingerprint density at radius 1 is 0.544 bits per heavy atom. The van der Waals surface area contributed by atoms with Crippen LogP contribution in [0.3, 0.4) is 0 Å². The number of para-hydroxylation sites is 4. The fourth-order valence-electron chi connectivity index (χ4n) is 8.70. The van der Waals surface area contributed by atoms with Crippen molar-refractivity contribution in [2.75, 3.05) is 16.5 Å². The van der Waals surface area contributed by atoms with E-state index >= 15 is 0 Å².